The van der Waals surface area contributed by atoms with E-state index in [0.29, 0.717) is 36.3 Å². The number of hydrogen-bond donors (Lipinski definition) is 1. The number of nitrogens with zero attached hydrogens (tertiary/aromatic N) is 3. The molecular weight excluding hydrogens is 313 g/mol. The summed E-state index contributed by atoms with van der Waals surface area (Å²) in [5.74, 6) is 0.655. The van der Waals surface area contributed by atoms with Crippen LogP contribution in [0.2, 0.25) is 0 Å². The molecule has 6 nitrogen and oxygen atoms in total. The highest BCUT2D eigenvalue weighted by Crippen LogP contribution is 2.36. The van der Waals surface area contributed by atoms with Crippen molar-refractivity contribution >= 4 is 0 Å². The van der Waals surface area contributed by atoms with Crippen molar-refractivity contribution < 1.29 is 18.8 Å². The molecule has 0 spiro atoms. The number of aliphatic hydroxyl groups excluding tert-OH is 1. The van der Waals surface area contributed by atoms with Gasteiger partial charge in [-0.15, -0.1) is 0 Å². The van der Waals surface area contributed by atoms with Crippen LogP contribution < -0.4 is 0 Å². The van der Waals surface area contributed by atoms with Gasteiger partial charge in [-0.3, -0.25) is 4.90 Å². The van der Waals surface area contributed by atoms with Gasteiger partial charge in [0.25, 0.3) is 0 Å². The first-order valence-corrected chi connectivity index (χ1v) is 8.32. The van der Waals surface area contributed by atoms with E-state index in [9.17, 15) is 9.50 Å². The highest BCUT2D eigenvalue weighted by atomic mass is 19.1. The van der Waals surface area contributed by atoms with Crippen molar-refractivity contribution in [1.29, 1.82) is 0 Å². The van der Waals surface area contributed by atoms with Crippen LogP contribution in [-0.4, -0.2) is 52.1 Å². The maximum Gasteiger partial charge on any atom is 0.244 e. The summed E-state index contributed by atoms with van der Waals surface area (Å²) >= 11 is 0. The SMILES string of the molecule is O[C@@H]1C[C@@H](c2nc(-c3ccc(F)cc3)no2)N(C2CCOCC2)C1. The van der Waals surface area contributed by atoms with E-state index < -0.39 is 0 Å². The van der Waals surface area contributed by atoms with Crippen LogP contribution in [-0.2, 0) is 4.74 Å². The Labute approximate surface area is 139 Å². The van der Waals surface area contributed by atoms with Crippen LogP contribution in [0.15, 0.2) is 28.8 Å². The third-order valence-electron chi connectivity index (χ3n) is 4.81. The molecular formula is C17H20FN3O3. The van der Waals surface area contributed by atoms with Gasteiger partial charge < -0.3 is 14.4 Å². The predicted molar refractivity (Wildman–Crippen MR) is 83.6 cm³/mol. The number of rotatable bonds is 3. The Balaban J connectivity index is 1.56. The fourth-order valence-corrected chi connectivity index (χ4v) is 3.59. The molecule has 2 atom stereocenters. The molecule has 0 unspecified atom stereocenters. The van der Waals surface area contributed by atoms with Crippen molar-refractivity contribution in [3.05, 3.63) is 36.0 Å². The van der Waals surface area contributed by atoms with Crippen LogP contribution in [0.1, 0.15) is 31.2 Å². The third kappa shape index (κ3) is 3.07. The lowest BCUT2D eigenvalue weighted by Crippen LogP contribution is -2.39. The molecule has 2 fully saturated rings. The van der Waals surface area contributed by atoms with Gasteiger partial charge in [0.05, 0.1) is 12.1 Å². The number of aromatic nitrogens is 2. The average Bonchev–Trinajstić information content (AvgIpc) is 3.23. The molecule has 2 aliphatic rings. The Bertz CT molecular complexity index is 685. The highest BCUT2D eigenvalue weighted by molar-refractivity contribution is 5.53. The largest absolute Gasteiger partial charge is 0.392 e. The minimum atomic E-state index is -0.390. The zero-order chi connectivity index (χ0) is 16.5. The molecule has 2 saturated heterocycles. The Hall–Kier alpha value is -1.83. The summed E-state index contributed by atoms with van der Waals surface area (Å²) in [5.41, 5.74) is 0.711. The van der Waals surface area contributed by atoms with Crippen LogP contribution in [0, 0.1) is 5.82 Å². The molecule has 4 rings (SSSR count). The monoisotopic (exact) mass is 333 g/mol. The van der Waals surface area contributed by atoms with E-state index in [0.717, 1.165) is 26.1 Å². The molecule has 2 aromatic rings. The smallest absolute Gasteiger partial charge is 0.244 e. The van der Waals surface area contributed by atoms with Crippen LogP contribution in [0.5, 0.6) is 0 Å². The van der Waals surface area contributed by atoms with Gasteiger partial charge in [0.15, 0.2) is 0 Å². The first-order chi connectivity index (χ1) is 11.7. The summed E-state index contributed by atoms with van der Waals surface area (Å²) in [6, 6.07) is 6.29. The van der Waals surface area contributed by atoms with E-state index in [1.54, 1.807) is 12.1 Å². The molecule has 0 bridgehead atoms. The summed E-state index contributed by atoms with van der Waals surface area (Å²) in [6.07, 6.45) is 2.09. The molecule has 0 saturated carbocycles. The van der Waals surface area contributed by atoms with Crippen molar-refractivity contribution in [1.82, 2.24) is 15.0 Å². The van der Waals surface area contributed by atoms with Crippen LogP contribution in [0.4, 0.5) is 4.39 Å². The topological polar surface area (TPSA) is 71.6 Å². The molecule has 1 aromatic heterocycles. The number of β-amino-alcohol motifs (C(OH)–C–C–N with tert-alkyl or cyclic N) is 1. The number of halogens is 1. The van der Waals surface area contributed by atoms with E-state index in [1.165, 1.54) is 12.1 Å². The van der Waals surface area contributed by atoms with E-state index in [-0.39, 0.29) is 18.0 Å². The van der Waals surface area contributed by atoms with Crippen molar-refractivity contribution in [2.45, 2.75) is 37.5 Å². The molecule has 128 valence electrons. The van der Waals surface area contributed by atoms with Crippen LogP contribution in [0.3, 0.4) is 0 Å². The summed E-state index contributed by atoms with van der Waals surface area (Å²) in [4.78, 5) is 6.75. The maximum absolute atomic E-state index is 13.0. The van der Waals surface area contributed by atoms with E-state index in [2.05, 4.69) is 15.0 Å². The number of hydrogen-bond acceptors (Lipinski definition) is 6. The Kier molecular flexibility index (Phi) is 4.30. The quantitative estimate of drug-likeness (QED) is 0.928. The molecule has 2 aliphatic heterocycles. The minimum absolute atomic E-state index is 0.0789. The number of ether oxygens (including phenoxy) is 1. The third-order valence-corrected chi connectivity index (χ3v) is 4.81. The fourth-order valence-electron chi connectivity index (χ4n) is 3.59. The van der Waals surface area contributed by atoms with Crippen molar-refractivity contribution in [2.75, 3.05) is 19.8 Å². The van der Waals surface area contributed by atoms with Gasteiger partial charge in [-0.2, -0.15) is 4.98 Å². The first kappa shape index (κ1) is 15.7. The second-order valence-corrected chi connectivity index (χ2v) is 6.41. The number of likely N-dealkylation sites (tertiary alicyclic amines) is 1. The zero-order valence-electron chi connectivity index (χ0n) is 13.3. The van der Waals surface area contributed by atoms with Gasteiger partial charge in [-0.25, -0.2) is 4.39 Å². The molecule has 24 heavy (non-hydrogen) atoms. The molecule has 1 N–H and O–H groups in total. The average molecular weight is 333 g/mol. The Morgan fingerprint density at radius 2 is 1.92 bits per heavy atom. The lowest BCUT2D eigenvalue weighted by Gasteiger charge is -2.33. The summed E-state index contributed by atoms with van der Waals surface area (Å²) in [5, 5.41) is 14.1. The molecule has 0 amide bonds. The van der Waals surface area contributed by atoms with E-state index >= 15 is 0 Å². The minimum Gasteiger partial charge on any atom is -0.392 e. The van der Waals surface area contributed by atoms with E-state index in [1.807, 2.05) is 0 Å². The van der Waals surface area contributed by atoms with Gasteiger partial charge in [-0.1, -0.05) is 5.16 Å². The van der Waals surface area contributed by atoms with Gasteiger partial charge in [-0.05, 0) is 43.5 Å². The zero-order valence-corrected chi connectivity index (χ0v) is 13.3. The van der Waals surface area contributed by atoms with Gasteiger partial charge in [0.2, 0.25) is 11.7 Å². The molecule has 0 radical (unpaired) electrons. The van der Waals surface area contributed by atoms with Gasteiger partial charge in [0, 0.05) is 31.4 Å². The Morgan fingerprint density at radius 1 is 1.17 bits per heavy atom. The molecule has 7 heteroatoms. The summed E-state index contributed by atoms with van der Waals surface area (Å²) in [7, 11) is 0. The number of aliphatic hydroxyl groups is 1. The van der Waals surface area contributed by atoms with Crippen LogP contribution in [0.25, 0.3) is 11.4 Å². The second kappa shape index (κ2) is 6.58. The lowest BCUT2D eigenvalue weighted by atomic mass is 10.1. The standard InChI is InChI=1S/C17H20FN3O3/c18-12-3-1-11(2-4-12)16-19-17(24-20-16)15-9-14(22)10-21(15)13-5-7-23-8-6-13/h1-4,13-15,22H,5-10H2/t14-,15+/m1/s1. The summed E-state index contributed by atoms with van der Waals surface area (Å²) in [6.45, 7) is 2.10. The van der Waals surface area contributed by atoms with Crippen molar-refractivity contribution in [3.63, 3.8) is 0 Å². The molecule has 0 aliphatic carbocycles. The first-order valence-electron chi connectivity index (χ1n) is 8.32. The van der Waals surface area contributed by atoms with Crippen molar-refractivity contribution in [2.24, 2.45) is 0 Å². The van der Waals surface area contributed by atoms with Crippen LogP contribution >= 0.6 is 0 Å². The lowest BCUT2D eigenvalue weighted by molar-refractivity contribution is 0.0215. The highest BCUT2D eigenvalue weighted by Gasteiger charge is 2.40. The van der Waals surface area contributed by atoms with Gasteiger partial charge >= 0.3 is 0 Å². The number of benzene rings is 1. The Morgan fingerprint density at radius 3 is 2.67 bits per heavy atom. The molecule has 3 heterocycles. The van der Waals surface area contributed by atoms with E-state index in [4.69, 9.17) is 9.26 Å². The second-order valence-electron chi connectivity index (χ2n) is 6.41. The fraction of sp³-hybridized carbons (Fsp3) is 0.529. The predicted octanol–water partition coefficient (Wildman–Crippen LogP) is 2.16. The van der Waals surface area contributed by atoms with Crippen molar-refractivity contribution in [3.8, 4) is 11.4 Å². The molecule has 1 aromatic carbocycles. The maximum atomic E-state index is 13.0. The normalized spacial score (nSPS) is 26.1. The van der Waals surface area contributed by atoms with Gasteiger partial charge in [0.1, 0.15) is 5.82 Å². The summed E-state index contributed by atoms with van der Waals surface area (Å²) < 4.78 is 23.9.